The lowest BCUT2D eigenvalue weighted by molar-refractivity contribution is -0.142. The molecule has 0 fully saturated rings. The van der Waals surface area contributed by atoms with Crippen LogP contribution in [0, 0.1) is 6.92 Å². The number of benzene rings is 1. The van der Waals surface area contributed by atoms with Gasteiger partial charge in [-0.25, -0.2) is 0 Å². The first-order chi connectivity index (χ1) is 6.69. The minimum Gasteiger partial charge on any atom is -0.469 e. The van der Waals surface area contributed by atoms with Crippen molar-refractivity contribution in [3.63, 3.8) is 0 Å². The average molecular weight is 193 g/mol. The first-order valence-electron chi connectivity index (χ1n) is 4.53. The van der Waals surface area contributed by atoms with Crippen LogP contribution in [0.25, 0.3) is 0 Å². The number of hydrogen-bond donors (Lipinski definition) is 1. The molecule has 0 aliphatic heterocycles. The van der Waals surface area contributed by atoms with Gasteiger partial charge in [0.05, 0.1) is 13.0 Å². The highest BCUT2D eigenvalue weighted by Gasteiger charge is 2.18. The number of methoxy groups -OCH3 is 1. The lowest BCUT2D eigenvalue weighted by Crippen LogP contribution is -2.22. The molecule has 1 rings (SSSR count). The molecule has 0 aliphatic carbocycles. The first kappa shape index (κ1) is 10.7. The summed E-state index contributed by atoms with van der Waals surface area (Å²) < 4.78 is 4.67. The Morgan fingerprint density at radius 3 is 2.43 bits per heavy atom. The van der Waals surface area contributed by atoms with Crippen molar-refractivity contribution in [2.45, 2.75) is 12.8 Å². The Kier molecular flexibility index (Phi) is 3.65. The minimum absolute atomic E-state index is 0.274. The Labute approximate surface area is 83.9 Å². The Balaban J connectivity index is 2.89. The highest BCUT2D eigenvalue weighted by molar-refractivity contribution is 5.78. The normalized spacial score (nSPS) is 12.2. The smallest absolute Gasteiger partial charge is 0.314 e. The van der Waals surface area contributed by atoms with Crippen LogP contribution in [-0.4, -0.2) is 19.6 Å². The number of aryl methyl sites for hydroxylation is 1. The average Bonchev–Trinajstić information content (AvgIpc) is 2.21. The van der Waals surface area contributed by atoms with Gasteiger partial charge >= 0.3 is 5.97 Å². The lowest BCUT2D eigenvalue weighted by Gasteiger charge is -2.12. The molecule has 0 aromatic heterocycles. The molecule has 0 spiro atoms. The summed E-state index contributed by atoms with van der Waals surface area (Å²) in [5.41, 5.74) is 7.59. The van der Waals surface area contributed by atoms with E-state index in [0.29, 0.717) is 0 Å². The van der Waals surface area contributed by atoms with Gasteiger partial charge in [0.25, 0.3) is 0 Å². The fourth-order valence-corrected chi connectivity index (χ4v) is 1.31. The molecule has 76 valence electrons. The largest absolute Gasteiger partial charge is 0.469 e. The molecule has 2 N–H and O–H groups in total. The summed E-state index contributed by atoms with van der Waals surface area (Å²) in [7, 11) is 1.37. The van der Waals surface area contributed by atoms with Crippen LogP contribution in [0.1, 0.15) is 17.0 Å². The van der Waals surface area contributed by atoms with Crippen molar-refractivity contribution in [1.82, 2.24) is 0 Å². The van der Waals surface area contributed by atoms with Gasteiger partial charge in [0.2, 0.25) is 0 Å². The molecule has 0 aliphatic rings. The Morgan fingerprint density at radius 2 is 2.00 bits per heavy atom. The predicted octanol–water partition coefficient (Wildman–Crippen LogP) is 1.21. The van der Waals surface area contributed by atoms with Crippen molar-refractivity contribution >= 4 is 5.97 Å². The van der Waals surface area contributed by atoms with Crippen molar-refractivity contribution < 1.29 is 9.53 Å². The number of carbonyl (C=O) groups excluding carboxylic acids is 1. The zero-order chi connectivity index (χ0) is 10.6. The minimum atomic E-state index is -0.347. The lowest BCUT2D eigenvalue weighted by atomic mass is 9.98. The quantitative estimate of drug-likeness (QED) is 0.734. The van der Waals surface area contributed by atoms with E-state index in [0.717, 1.165) is 11.1 Å². The number of nitrogens with two attached hydrogens (primary N) is 1. The maximum absolute atomic E-state index is 11.3. The van der Waals surface area contributed by atoms with Crippen LogP contribution in [0.3, 0.4) is 0 Å². The molecule has 0 bridgehead atoms. The second-order valence-electron chi connectivity index (χ2n) is 3.22. The van der Waals surface area contributed by atoms with Gasteiger partial charge in [-0.05, 0) is 12.5 Å². The van der Waals surface area contributed by atoms with Gasteiger partial charge in [-0.2, -0.15) is 0 Å². The molecule has 0 radical (unpaired) electrons. The van der Waals surface area contributed by atoms with Crippen LogP contribution in [0.4, 0.5) is 0 Å². The molecule has 1 atom stereocenters. The van der Waals surface area contributed by atoms with Crippen molar-refractivity contribution in [3.05, 3.63) is 35.4 Å². The third-order valence-electron chi connectivity index (χ3n) is 2.20. The molecular formula is C11H15NO2. The molecule has 3 nitrogen and oxygen atoms in total. The highest BCUT2D eigenvalue weighted by atomic mass is 16.5. The fourth-order valence-electron chi connectivity index (χ4n) is 1.31. The molecule has 0 heterocycles. The van der Waals surface area contributed by atoms with E-state index in [9.17, 15) is 4.79 Å². The second-order valence-corrected chi connectivity index (χ2v) is 3.22. The number of rotatable bonds is 3. The molecule has 1 aromatic carbocycles. The Bertz CT molecular complexity index is 306. The van der Waals surface area contributed by atoms with E-state index in [2.05, 4.69) is 4.74 Å². The Hall–Kier alpha value is -1.35. The van der Waals surface area contributed by atoms with Gasteiger partial charge in [0.1, 0.15) is 0 Å². The van der Waals surface area contributed by atoms with Gasteiger partial charge in [-0.15, -0.1) is 0 Å². The maximum atomic E-state index is 11.3. The molecule has 1 aromatic rings. The third-order valence-corrected chi connectivity index (χ3v) is 2.20. The van der Waals surface area contributed by atoms with Crippen LogP contribution in [0.5, 0.6) is 0 Å². The van der Waals surface area contributed by atoms with Gasteiger partial charge in [0, 0.05) is 6.54 Å². The summed E-state index contributed by atoms with van der Waals surface area (Å²) in [6.07, 6.45) is 0. The monoisotopic (exact) mass is 193 g/mol. The summed E-state index contributed by atoms with van der Waals surface area (Å²) in [5, 5.41) is 0. The van der Waals surface area contributed by atoms with E-state index in [-0.39, 0.29) is 18.4 Å². The standard InChI is InChI=1S/C11H15NO2/c1-8-3-5-9(6-4-8)10(7-12)11(13)14-2/h3-6,10H,7,12H2,1-2H3. The van der Waals surface area contributed by atoms with E-state index in [4.69, 9.17) is 5.73 Å². The van der Waals surface area contributed by atoms with Gasteiger partial charge in [-0.1, -0.05) is 29.8 Å². The number of esters is 1. The second kappa shape index (κ2) is 4.77. The van der Waals surface area contributed by atoms with Gasteiger partial charge in [0.15, 0.2) is 0 Å². The predicted molar refractivity (Wildman–Crippen MR) is 55.0 cm³/mol. The van der Waals surface area contributed by atoms with Crippen LogP contribution in [0.2, 0.25) is 0 Å². The molecule has 0 saturated heterocycles. The molecular weight excluding hydrogens is 178 g/mol. The number of ether oxygens (including phenoxy) is 1. The van der Waals surface area contributed by atoms with Crippen LogP contribution < -0.4 is 5.73 Å². The van der Waals surface area contributed by atoms with Crippen molar-refractivity contribution in [1.29, 1.82) is 0 Å². The van der Waals surface area contributed by atoms with Crippen molar-refractivity contribution in [3.8, 4) is 0 Å². The van der Waals surface area contributed by atoms with Gasteiger partial charge < -0.3 is 10.5 Å². The van der Waals surface area contributed by atoms with Crippen LogP contribution >= 0.6 is 0 Å². The molecule has 0 saturated carbocycles. The number of hydrogen-bond acceptors (Lipinski definition) is 3. The summed E-state index contributed by atoms with van der Waals surface area (Å²) in [5.74, 6) is -0.628. The molecule has 3 heteroatoms. The van der Waals surface area contributed by atoms with E-state index >= 15 is 0 Å². The Morgan fingerprint density at radius 1 is 1.43 bits per heavy atom. The maximum Gasteiger partial charge on any atom is 0.314 e. The summed E-state index contributed by atoms with van der Waals surface area (Å²) in [6.45, 7) is 2.27. The zero-order valence-electron chi connectivity index (χ0n) is 8.49. The van der Waals surface area contributed by atoms with E-state index in [1.54, 1.807) is 0 Å². The summed E-state index contributed by atoms with van der Waals surface area (Å²) >= 11 is 0. The summed E-state index contributed by atoms with van der Waals surface area (Å²) in [4.78, 5) is 11.3. The number of carbonyl (C=O) groups is 1. The third kappa shape index (κ3) is 2.33. The fraction of sp³-hybridized carbons (Fsp3) is 0.364. The SMILES string of the molecule is COC(=O)C(CN)c1ccc(C)cc1. The van der Waals surface area contributed by atoms with E-state index in [1.165, 1.54) is 7.11 Å². The van der Waals surface area contributed by atoms with E-state index < -0.39 is 0 Å². The highest BCUT2D eigenvalue weighted by Crippen LogP contribution is 2.16. The van der Waals surface area contributed by atoms with Crippen LogP contribution in [-0.2, 0) is 9.53 Å². The molecule has 14 heavy (non-hydrogen) atoms. The molecule has 1 unspecified atom stereocenters. The first-order valence-corrected chi connectivity index (χ1v) is 4.53. The molecule has 0 amide bonds. The summed E-state index contributed by atoms with van der Waals surface area (Å²) in [6, 6.07) is 7.73. The topological polar surface area (TPSA) is 52.3 Å². The van der Waals surface area contributed by atoms with Crippen molar-refractivity contribution in [2.75, 3.05) is 13.7 Å². The van der Waals surface area contributed by atoms with Gasteiger partial charge in [-0.3, -0.25) is 4.79 Å². The van der Waals surface area contributed by atoms with Crippen LogP contribution in [0.15, 0.2) is 24.3 Å². The van der Waals surface area contributed by atoms with Crippen molar-refractivity contribution in [2.24, 2.45) is 5.73 Å². The zero-order valence-corrected chi connectivity index (χ0v) is 8.49. The van der Waals surface area contributed by atoms with E-state index in [1.807, 2.05) is 31.2 Å².